The first-order chi connectivity index (χ1) is 19.7. The summed E-state index contributed by atoms with van der Waals surface area (Å²) in [5, 5.41) is 40.4. The Morgan fingerprint density at radius 3 is 2.68 bits per heavy atom. The minimum atomic E-state index is -1.15. The number of carboxylic acids is 1. The molecule has 2 aromatic rings. The number of ether oxygens (including phenoxy) is 1. The minimum absolute atomic E-state index is 0.180. The number of carbonyl (C=O) groups is 3. The maximum Gasteiger partial charge on any atom is 0.305 e. The Kier molecular flexibility index (Phi) is 9.72. The smallest absolute Gasteiger partial charge is 0.305 e. The molecule has 1 aromatic heterocycles. The van der Waals surface area contributed by atoms with Gasteiger partial charge >= 0.3 is 5.97 Å². The molecule has 3 heterocycles. The van der Waals surface area contributed by atoms with Gasteiger partial charge in [-0.25, -0.2) is 0 Å². The quantitative estimate of drug-likeness (QED) is 0.248. The van der Waals surface area contributed by atoms with E-state index in [4.69, 9.17) is 16.3 Å². The van der Waals surface area contributed by atoms with Crippen LogP contribution >= 0.6 is 11.6 Å². The highest BCUT2D eigenvalue weighted by Gasteiger charge is 2.35. The summed E-state index contributed by atoms with van der Waals surface area (Å²) in [4.78, 5) is 45.3. The van der Waals surface area contributed by atoms with Gasteiger partial charge in [-0.15, -0.1) is 0 Å². The van der Waals surface area contributed by atoms with Gasteiger partial charge in [-0.05, 0) is 42.2 Å². The number of aliphatic carboxylic acids is 1. The van der Waals surface area contributed by atoms with E-state index < -0.39 is 48.3 Å². The highest BCUT2D eigenvalue weighted by molar-refractivity contribution is 6.30. The highest BCUT2D eigenvalue weighted by atomic mass is 35.5. The lowest BCUT2D eigenvalue weighted by molar-refractivity contribution is -0.137. The number of aliphatic imine (C=N–C) groups is 1. The Balaban J connectivity index is 1.42. The Labute approximate surface area is 241 Å². The standard InChI is InChI=1S/C27H30ClN7O6/c28-19-6-16(5-18(8-19)27(15-29)1-3-41-4-2-27)22(9-24(38)39)35-23(37)14-31-25(40)17-7-20(11-30-10-17)34-26-32-12-21(36)13-33-26/h5-8,10-11,21-22,36H,1-4,9,12-14H2,(H,31,40)(H,35,37)(H,38,39)(H2,32,33,34). The molecular formula is C27H30ClN7O6. The third-order valence-corrected chi connectivity index (χ3v) is 7.01. The number of benzene rings is 1. The van der Waals surface area contributed by atoms with Gasteiger partial charge in [0.1, 0.15) is 0 Å². The number of anilines is 1. The molecule has 2 aliphatic heterocycles. The zero-order valence-electron chi connectivity index (χ0n) is 22.0. The van der Waals surface area contributed by atoms with E-state index in [1.165, 1.54) is 18.5 Å². The van der Waals surface area contributed by atoms with Crippen molar-refractivity contribution in [1.82, 2.24) is 20.9 Å². The molecule has 2 amide bonds. The minimum Gasteiger partial charge on any atom is -0.481 e. The molecule has 2 unspecified atom stereocenters. The van der Waals surface area contributed by atoms with Gasteiger partial charge in [-0.1, -0.05) is 17.7 Å². The van der Waals surface area contributed by atoms with Gasteiger partial charge in [0.2, 0.25) is 5.91 Å². The average Bonchev–Trinajstić information content (AvgIpc) is 2.96. The molecule has 1 saturated heterocycles. The van der Waals surface area contributed by atoms with Crippen molar-refractivity contribution in [3.05, 3.63) is 58.4 Å². The van der Waals surface area contributed by atoms with Gasteiger partial charge < -0.3 is 36.2 Å². The molecule has 41 heavy (non-hydrogen) atoms. The first-order valence-electron chi connectivity index (χ1n) is 13.0. The number of nitriles is 1. The lowest BCUT2D eigenvalue weighted by Gasteiger charge is -2.32. The molecular weight excluding hydrogens is 554 g/mol. The van der Waals surface area contributed by atoms with Crippen LogP contribution in [0.3, 0.4) is 0 Å². The molecule has 0 saturated carbocycles. The second-order valence-electron chi connectivity index (χ2n) is 9.79. The van der Waals surface area contributed by atoms with Gasteiger partial charge in [0.15, 0.2) is 5.96 Å². The molecule has 0 aliphatic carbocycles. The lowest BCUT2D eigenvalue weighted by Crippen LogP contribution is -2.42. The van der Waals surface area contributed by atoms with Crippen LogP contribution in [0, 0.1) is 11.3 Å². The molecule has 6 N–H and O–H groups in total. The van der Waals surface area contributed by atoms with E-state index in [9.17, 15) is 29.9 Å². The summed E-state index contributed by atoms with van der Waals surface area (Å²) in [6.45, 7) is 0.975. The van der Waals surface area contributed by atoms with Crippen LogP contribution in [0.5, 0.6) is 0 Å². The largest absolute Gasteiger partial charge is 0.481 e. The molecule has 14 heteroatoms. The van der Waals surface area contributed by atoms with Gasteiger partial charge in [0.25, 0.3) is 5.91 Å². The van der Waals surface area contributed by atoms with E-state index in [0.717, 1.165) is 0 Å². The fraction of sp³-hybridized carbons (Fsp3) is 0.407. The molecule has 1 fully saturated rings. The van der Waals surface area contributed by atoms with E-state index in [1.807, 2.05) is 0 Å². The molecule has 0 radical (unpaired) electrons. The van der Waals surface area contributed by atoms with E-state index in [1.54, 1.807) is 18.2 Å². The first-order valence-corrected chi connectivity index (χ1v) is 13.3. The summed E-state index contributed by atoms with van der Waals surface area (Å²) in [5.74, 6) is -1.90. The van der Waals surface area contributed by atoms with Gasteiger partial charge in [-0.2, -0.15) is 5.26 Å². The fourth-order valence-electron chi connectivity index (χ4n) is 4.59. The number of β-amino-alcohol motifs (C(OH)–C–C–N with tert-alkyl or cyclic N) is 1. The Hall–Kier alpha value is -4.25. The van der Waals surface area contributed by atoms with Crippen molar-refractivity contribution in [2.45, 2.75) is 36.8 Å². The number of aliphatic hydroxyl groups is 1. The Bertz CT molecular complexity index is 1370. The fourth-order valence-corrected chi connectivity index (χ4v) is 4.84. The molecule has 4 rings (SSSR count). The normalized spacial score (nSPS) is 18.6. The molecule has 2 atom stereocenters. The van der Waals surface area contributed by atoms with Crippen LogP contribution in [0.1, 0.15) is 46.8 Å². The number of aromatic nitrogens is 1. The number of hydrogen-bond donors (Lipinski definition) is 6. The maximum absolute atomic E-state index is 12.8. The molecule has 1 aromatic carbocycles. The number of amides is 2. The van der Waals surface area contributed by atoms with Crippen molar-refractivity contribution in [2.75, 3.05) is 38.2 Å². The van der Waals surface area contributed by atoms with Gasteiger partial charge in [-0.3, -0.25) is 24.4 Å². The highest BCUT2D eigenvalue weighted by Crippen LogP contribution is 2.37. The Morgan fingerprint density at radius 1 is 1.22 bits per heavy atom. The molecule has 13 nitrogen and oxygen atoms in total. The number of rotatable bonds is 9. The SMILES string of the molecule is N#CC1(c2cc(Cl)cc(C(CC(=O)O)NC(=O)CNC(=O)c3cncc(NC4=NCC(O)CN4)c3)c2)CCOCC1. The number of carbonyl (C=O) groups excluding carboxylic acids is 2. The van der Waals surface area contributed by atoms with Crippen molar-refractivity contribution >= 4 is 41.0 Å². The summed E-state index contributed by atoms with van der Waals surface area (Å²) in [7, 11) is 0. The van der Waals surface area contributed by atoms with Gasteiger partial charge in [0.05, 0.1) is 60.6 Å². The number of halogens is 1. The number of guanidine groups is 1. The predicted octanol–water partition coefficient (Wildman–Crippen LogP) is 1.10. The molecule has 0 spiro atoms. The number of carboxylic acid groups (broad SMARTS) is 1. The summed E-state index contributed by atoms with van der Waals surface area (Å²) in [5.41, 5.74) is 0.893. The van der Waals surface area contributed by atoms with Crippen molar-refractivity contribution < 1.29 is 29.3 Å². The van der Waals surface area contributed by atoms with Crippen LogP contribution in [0.25, 0.3) is 0 Å². The maximum atomic E-state index is 12.8. The van der Waals surface area contributed by atoms with Crippen LogP contribution in [-0.2, 0) is 19.7 Å². The third-order valence-electron chi connectivity index (χ3n) is 6.79. The van der Waals surface area contributed by atoms with Crippen LogP contribution in [-0.4, -0.2) is 77.9 Å². The van der Waals surface area contributed by atoms with Crippen LogP contribution < -0.4 is 21.3 Å². The summed E-state index contributed by atoms with van der Waals surface area (Å²) < 4.78 is 5.41. The van der Waals surface area contributed by atoms with E-state index in [0.29, 0.717) is 60.4 Å². The third kappa shape index (κ3) is 7.91. The summed E-state index contributed by atoms with van der Waals surface area (Å²) >= 11 is 6.37. The Morgan fingerprint density at radius 2 is 2.00 bits per heavy atom. The molecule has 0 bridgehead atoms. The zero-order valence-corrected chi connectivity index (χ0v) is 22.8. The number of nitrogens with zero attached hydrogens (tertiary/aromatic N) is 3. The van der Waals surface area contributed by atoms with E-state index >= 15 is 0 Å². The van der Waals surface area contributed by atoms with Crippen molar-refractivity contribution in [3.8, 4) is 6.07 Å². The van der Waals surface area contributed by atoms with E-state index in [-0.39, 0.29) is 12.1 Å². The first kappa shape index (κ1) is 29.7. The summed E-state index contributed by atoms with van der Waals surface area (Å²) in [6, 6.07) is 7.86. The second kappa shape index (κ2) is 13.4. The van der Waals surface area contributed by atoms with E-state index in [2.05, 4.69) is 37.3 Å². The topological polar surface area (TPSA) is 198 Å². The number of hydrogen-bond acceptors (Lipinski definition) is 10. The monoisotopic (exact) mass is 583 g/mol. The summed E-state index contributed by atoms with van der Waals surface area (Å²) in [6.07, 6.45) is 2.74. The average molecular weight is 584 g/mol. The van der Waals surface area contributed by atoms with Gasteiger partial charge in [0, 0.05) is 31.0 Å². The lowest BCUT2D eigenvalue weighted by atomic mass is 9.75. The van der Waals surface area contributed by atoms with Crippen molar-refractivity contribution in [3.63, 3.8) is 0 Å². The van der Waals surface area contributed by atoms with Crippen LogP contribution in [0.15, 0.2) is 41.7 Å². The molecule has 2 aliphatic rings. The predicted molar refractivity (Wildman–Crippen MR) is 148 cm³/mol. The molecule has 216 valence electrons. The second-order valence-corrected chi connectivity index (χ2v) is 10.2. The van der Waals surface area contributed by atoms with Crippen molar-refractivity contribution in [2.24, 2.45) is 4.99 Å². The van der Waals surface area contributed by atoms with Crippen molar-refractivity contribution in [1.29, 1.82) is 5.26 Å². The number of nitrogens with one attached hydrogen (secondary N) is 4. The van der Waals surface area contributed by atoms with Crippen LogP contribution in [0.4, 0.5) is 5.69 Å². The zero-order chi connectivity index (χ0) is 29.4. The number of aliphatic hydroxyl groups excluding tert-OH is 1. The van der Waals surface area contributed by atoms with Crippen LogP contribution in [0.2, 0.25) is 5.02 Å². The number of pyridine rings is 1.